The average molecular weight is 299 g/mol. The summed E-state index contributed by atoms with van der Waals surface area (Å²) in [4.78, 5) is 1.91. The summed E-state index contributed by atoms with van der Waals surface area (Å²) >= 11 is 0. The maximum absolute atomic E-state index is 12.6. The molecular formula is C16H23F2NO2. The highest BCUT2D eigenvalue weighted by Gasteiger charge is 2.29. The number of nitrogens with zero attached hydrogens (tertiary/aromatic N) is 1. The van der Waals surface area contributed by atoms with Gasteiger partial charge in [-0.15, -0.1) is 0 Å². The summed E-state index contributed by atoms with van der Waals surface area (Å²) in [5.41, 5.74) is -0.234. The van der Waals surface area contributed by atoms with Crippen LogP contribution in [0.2, 0.25) is 0 Å². The van der Waals surface area contributed by atoms with Gasteiger partial charge in [0.15, 0.2) is 0 Å². The van der Waals surface area contributed by atoms with Crippen LogP contribution in [0, 0.1) is 5.92 Å². The van der Waals surface area contributed by atoms with Crippen LogP contribution in [-0.2, 0) is 0 Å². The lowest BCUT2D eigenvalue weighted by atomic mass is 10.1. The van der Waals surface area contributed by atoms with Crippen molar-refractivity contribution < 1.29 is 18.3 Å². The van der Waals surface area contributed by atoms with E-state index in [9.17, 15) is 8.78 Å². The van der Waals surface area contributed by atoms with Crippen LogP contribution < -0.4 is 9.47 Å². The van der Waals surface area contributed by atoms with Crippen LogP contribution in [-0.4, -0.2) is 36.7 Å². The average Bonchev–Trinajstić information content (AvgIpc) is 2.85. The van der Waals surface area contributed by atoms with Crippen LogP contribution in [0.5, 0.6) is 11.5 Å². The fourth-order valence-corrected chi connectivity index (χ4v) is 2.31. The van der Waals surface area contributed by atoms with Crippen molar-refractivity contribution in [1.82, 2.24) is 4.90 Å². The molecule has 0 aromatic heterocycles. The molecule has 1 fully saturated rings. The number of hydrogen-bond donors (Lipinski definition) is 0. The molecule has 2 rings (SSSR count). The number of halogens is 2. The van der Waals surface area contributed by atoms with Gasteiger partial charge in [-0.05, 0) is 51.5 Å². The van der Waals surface area contributed by atoms with Crippen LogP contribution in [0.4, 0.5) is 8.78 Å². The lowest BCUT2D eigenvalue weighted by Crippen LogP contribution is -2.27. The molecule has 5 heteroatoms. The van der Waals surface area contributed by atoms with Crippen molar-refractivity contribution in [2.75, 3.05) is 19.8 Å². The van der Waals surface area contributed by atoms with Crippen molar-refractivity contribution in [3.63, 3.8) is 0 Å². The number of rotatable bonds is 5. The quantitative estimate of drug-likeness (QED) is 0.825. The molecule has 1 aliphatic rings. The summed E-state index contributed by atoms with van der Waals surface area (Å²) in [6, 6.07) is 7.38. The van der Waals surface area contributed by atoms with Crippen molar-refractivity contribution in [1.29, 1.82) is 0 Å². The van der Waals surface area contributed by atoms with E-state index in [-0.39, 0.29) is 5.60 Å². The van der Waals surface area contributed by atoms with Crippen LogP contribution in [0.3, 0.4) is 0 Å². The summed E-state index contributed by atoms with van der Waals surface area (Å²) in [7, 11) is 0. The Kier molecular flexibility index (Phi) is 5.04. The molecule has 118 valence electrons. The predicted molar refractivity (Wildman–Crippen MR) is 78.0 cm³/mol. The fourth-order valence-electron chi connectivity index (χ4n) is 2.31. The molecule has 1 aromatic carbocycles. The Morgan fingerprint density at radius 2 is 1.81 bits per heavy atom. The second kappa shape index (κ2) is 6.60. The number of alkyl halides is 2. The lowest BCUT2D eigenvalue weighted by Gasteiger charge is -2.21. The smallest absolute Gasteiger partial charge is 0.242 e. The van der Waals surface area contributed by atoms with Gasteiger partial charge in [0.25, 0.3) is 0 Å². The molecule has 1 aliphatic heterocycles. The molecule has 0 amide bonds. The zero-order chi connectivity index (χ0) is 15.5. The largest absolute Gasteiger partial charge is 0.488 e. The molecule has 3 nitrogen and oxygen atoms in total. The molecule has 1 aromatic rings. The van der Waals surface area contributed by atoms with E-state index in [0.29, 0.717) is 26.2 Å². The Labute approximate surface area is 124 Å². The number of benzene rings is 1. The Morgan fingerprint density at radius 3 is 2.33 bits per heavy atom. The molecule has 0 N–H and O–H groups in total. The van der Waals surface area contributed by atoms with E-state index in [0.717, 1.165) is 11.5 Å². The van der Waals surface area contributed by atoms with Crippen LogP contribution in [0.25, 0.3) is 0 Å². The molecule has 0 saturated carbocycles. The van der Waals surface area contributed by atoms with Crippen molar-refractivity contribution in [2.45, 2.75) is 39.2 Å². The standard InChI is InChI=1S/C16H23F2NO2/c1-16(2,3)21-14-6-4-13(5-7-14)20-11-19-9-8-12(10-19)15(17)18/h4-7,12,15H,8-11H2,1-3H3. The summed E-state index contributed by atoms with van der Waals surface area (Å²) in [5, 5.41) is 0. The SMILES string of the molecule is CC(C)(C)Oc1ccc(OCN2CCC(C(F)F)C2)cc1. The summed E-state index contributed by atoms with van der Waals surface area (Å²) in [6.45, 7) is 7.39. The van der Waals surface area contributed by atoms with E-state index in [1.54, 1.807) is 0 Å². The third kappa shape index (κ3) is 5.16. The van der Waals surface area contributed by atoms with E-state index < -0.39 is 12.3 Å². The lowest BCUT2D eigenvalue weighted by molar-refractivity contribution is 0.0719. The van der Waals surface area contributed by atoms with E-state index in [1.807, 2.05) is 49.9 Å². The van der Waals surface area contributed by atoms with Gasteiger partial charge in [0.05, 0.1) is 0 Å². The van der Waals surface area contributed by atoms with Gasteiger partial charge in [-0.3, -0.25) is 4.90 Å². The molecule has 1 heterocycles. The van der Waals surface area contributed by atoms with Gasteiger partial charge in [-0.25, -0.2) is 8.78 Å². The highest BCUT2D eigenvalue weighted by molar-refractivity contribution is 5.31. The maximum atomic E-state index is 12.6. The third-order valence-electron chi connectivity index (χ3n) is 3.33. The van der Waals surface area contributed by atoms with Crippen LogP contribution >= 0.6 is 0 Å². The second-order valence-electron chi connectivity index (χ2n) is 6.42. The normalized spacial score (nSPS) is 20.0. The predicted octanol–water partition coefficient (Wildman–Crippen LogP) is 3.79. The second-order valence-corrected chi connectivity index (χ2v) is 6.42. The highest BCUT2D eigenvalue weighted by atomic mass is 19.3. The van der Waals surface area contributed by atoms with E-state index >= 15 is 0 Å². The van der Waals surface area contributed by atoms with Gasteiger partial charge < -0.3 is 9.47 Å². The molecule has 21 heavy (non-hydrogen) atoms. The first kappa shape index (κ1) is 16.0. The maximum Gasteiger partial charge on any atom is 0.242 e. The van der Waals surface area contributed by atoms with E-state index in [4.69, 9.17) is 9.47 Å². The molecule has 0 aliphatic carbocycles. The third-order valence-corrected chi connectivity index (χ3v) is 3.33. The fraction of sp³-hybridized carbons (Fsp3) is 0.625. The number of hydrogen-bond acceptors (Lipinski definition) is 3. The molecule has 1 unspecified atom stereocenters. The van der Waals surface area contributed by atoms with Gasteiger partial charge >= 0.3 is 0 Å². The first-order chi connectivity index (χ1) is 9.83. The topological polar surface area (TPSA) is 21.7 Å². The first-order valence-electron chi connectivity index (χ1n) is 7.26. The highest BCUT2D eigenvalue weighted by Crippen LogP contribution is 2.24. The van der Waals surface area contributed by atoms with Crippen molar-refractivity contribution >= 4 is 0 Å². The molecule has 0 bridgehead atoms. The minimum Gasteiger partial charge on any atom is -0.488 e. The van der Waals surface area contributed by atoms with E-state index in [2.05, 4.69) is 0 Å². The Morgan fingerprint density at radius 1 is 1.19 bits per heavy atom. The number of ether oxygens (including phenoxy) is 2. The van der Waals surface area contributed by atoms with Gasteiger partial charge in [0.1, 0.15) is 23.8 Å². The zero-order valence-corrected chi connectivity index (χ0v) is 12.8. The number of likely N-dealkylation sites (tertiary alicyclic amines) is 1. The van der Waals surface area contributed by atoms with Gasteiger partial charge in [-0.2, -0.15) is 0 Å². The Bertz CT molecular complexity index is 443. The molecule has 1 saturated heterocycles. The van der Waals surface area contributed by atoms with Gasteiger partial charge in [0, 0.05) is 19.0 Å². The molecular weight excluding hydrogens is 276 g/mol. The van der Waals surface area contributed by atoms with Crippen molar-refractivity contribution in [3.05, 3.63) is 24.3 Å². The van der Waals surface area contributed by atoms with Crippen molar-refractivity contribution in [3.8, 4) is 11.5 Å². The minimum absolute atomic E-state index is 0.234. The van der Waals surface area contributed by atoms with Crippen molar-refractivity contribution in [2.24, 2.45) is 5.92 Å². The Balaban J connectivity index is 1.79. The monoisotopic (exact) mass is 299 g/mol. The first-order valence-corrected chi connectivity index (χ1v) is 7.26. The van der Waals surface area contributed by atoms with Gasteiger partial charge in [0.2, 0.25) is 6.43 Å². The molecule has 0 radical (unpaired) electrons. The molecule has 1 atom stereocenters. The molecule has 0 spiro atoms. The zero-order valence-electron chi connectivity index (χ0n) is 12.8. The van der Waals surface area contributed by atoms with Crippen LogP contribution in [0.15, 0.2) is 24.3 Å². The van der Waals surface area contributed by atoms with E-state index in [1.165, 1.54) is 0 Å². The van der Waals surface area contributed by atoms with Crippen LogP contribution in [0.1, 0.15) is 27.2 Å². The Hall–Kier alpha value is -1.36. The summed E-state index contributed by atoms with van der Waals surface area (Å²) in [5.74, 6) is 0.988. The summed E-state index contributed by atoms with van der Waals surface area (Å²) in [6.07, 6.45) is -1.69. The van der Waals surface area contributed by atoms with Gasteiger partial charge in [-0.1, -0.05) is 0 Å². The minimum atomic E-state index is -2.23. The summed E-state index contributed by atoms with van der Waals surface area (Å²) < 4.78 is 36.5.